The zero-order valence-electron chi connectivity index (χ0n) is 25.8. The average molecular weight is 611 g/mol. The quantitative estimate of drug-likeness (QED) is 0.200. The van der Waals surface area contributed by atoms with E-state index in [1.54, 1.807) is 0 Å². The van der Waals surface area contributed by atoms with E-state index in [1.165, 1.54) is 54.9 Å². The van der Waals surface area contributed by atoms with Gasteiger partial charge in [0.05, 0.1) is 16.4 Å². The van der Waals surface area contributed by atoms with Crippen molar-refractivity contribution in [3.8, 4) is 39.9 Å². The lowest BCUT2D eigenvalue weighted by Gasteiger charge is -2.37. The first-order chi connectivity index (χ1) is 23.8. The van der Waals surface area contributed by atoms with Crippen LogP contribution in [0.25, 0.3) is 72.4 Å². The number of rotatable bonds is 3. The van der Waals surface area contributed by atoms with Gasteiger partial charge < -0.3 is 0 Å². The van der Waals surface area contributed by atoms with Crippen molar-refractivity contribution in [3.05, 3.63) is 180 Å². The third-order valence-corrected chi connectivity index (χ3v) is 10.4. The third kappa shape index (κ3) is 3.16. The molecule has 1 spiro atoms. The average Bonchev–Trinajstić information content (AvgIpc) is 3.66. The van der Waals surface area contributed by atoms with Gasteiger partial charge in [0.15, 0.2) is 11.6 Å². The van der Waals surface area contributed by atoms with E-state index in [-0.39, 0.29) is 0 Å². The second kappa shape index (κ2) is 9.34. The van der Waals surface area contributed by atoms with E-state index in [1.807, 2.05) is 36.4 Å². The maximum absolute atomic E-state index is 5.20. The van der Waals surface area contributed by atoms with Crippen LogP contribution in [0, 0.1) is 0 Å². The van der Waals surface area contributed by atoms with E-state index in [0.717, 1.165) is 22.2 Å². The number of hydrogen-bond donors (Lipinski definition) is 0. The van der Waals surface area contributed by atoms with E-state index in [4.69, 9.17) is 15.0 Å². The first kappa shape index (κ1) is 25.8. The Bertz CT molecular complexity index is 2680. The number of hydrogen-bond acceptors (Lipinski definition) is 3. The minimum Gasteiger partial charge on any atom is -0.278 e. The lowest BCUT2D eigenvalue weighted by molar-refractivity contribution is 0.783. The van der Waals surface area contributed by atoms with Gasteiger partial charge in [0.1, 0.15) is 0 Å². The molecule has 11 rings (SSSR count). The van der Waals surface area contributed by atoms with Crippen LogP contribution in [0.3, 0.4) is 0 Å². The van der Waals surface area contributed by atoms with Gasteiger partial charge in [-0.15, -0.1) is 0 Å². The van der Waals surface area contributed by atoms with E-state index in [0.29, 0.717) is 17.6 Å². The molecule has 9 aromatic rings. The topological polar surface area (TPSA) is 43.6 Å². The van der Waals surface area contributed by atoms with Crippen LogP contribution < -0.4 is 0 Å². The van der Waals surface area contributed by atoms with Crippen LogP contribution in [-0.2, 0) is 5.41 Å². The highest BCUT2D eigenvalue weighted by Gasteiger charge is 2.50. The number of fused-ring (bicyclic) bond motifs is 7. The zero-order valence-corrected chi connectivity index (χ0v) is 25.8. The lowest BCUT2D eigenvalue weighted by atomic mass is 9.63. The molecule has 0 bridgehead atoms. The second-order valence-electron chi connectivity index (χ2n) is 12.8. The Labute approximate surface area is 276 Å². The molecule has 0 N–H and O–H groups in total. The maximum atomic E-state index is 5.20. The van der Waals surface area contributed by atoms with Crippen LogP contribution in [0.2, 0.25) is 0 Å². The predicted molar refractivity (Wildman–Crippen MR) is 193 cm³/mol. The number of aromatic nitrogens is 4. The van der Waals surface area contributed by atoms with Crippen molar-refractivity contribution in [2.75, 3.05) is 0 Å². The van der Waals surface area contributed by atoms with Crippen molar-refractivity contribution in [3.63, 3.8) is 0 Å². The summed E-state index contributed by atoms with van der Waals surface area (Å²) in [6, 6.07) is 56.4. The van der Waals surface area contributed by atoms with Gasteiger partial charge in [-0.2, -0.15) is 9.97 Å². The minimum absolute atomic E-state index is 0.455. The SMILES string of the molecule is c1ccc(-c2nc(-c3ccccc3)nc(-n3c4cccc5c4c4c6c(cccc6ccc43)C53c4ccccc4-c4ccccc43)n2)cc1. The Kier molecular flexibility index (Phi) is 5.01. The highest BCUT2D eigenvalue weighted by atomic mass is 15.2. The Morgan fingerprint density at radius 3 is 1.54 bits per heavy atom. The minimum atomic E-state index is -0.455. The van der Waals surface area contributed by atoms with Gasteiger partial charge in [-0.1, -0.05) is 146 Å². The smallest absolute Gasteiger partial charge is 0.238 e. The molecule has 0 aliphatic heterocycles. The van der Waals surface area contributed by atoms with E-state index < -0.39 is 5.41 Å². The molecule has 4 heteroatoms. The van der Waals surface area contributed by atoms with Crippen LogP contribution in [0.15, 0.2) is 158 Å². The molecule has 222 valence electrons. The van der Waals surface area contributed by atoms with E-state index in [9.17, 15) is 0 Å². The fourth-order valence-corrected chi connectivity index (χ4v) is 8.62. The van der Waals surface area contributed by atoms with Gasteiger partial charge in [0.25, 0.3) is 0 Å². The molecule has 2 aliphatic rings. The second-order valence-corrected chi connectivity index (χ2v) is 12.8. The molecular weight excluding hydrogens is 585 g/mol. The molecule has 2 aromatic heterocycles. The molecule has 0 radical (unpaired) electrons. The molecule has 7 aromatic carbocycles. The van der Waals surface area contributed by atoms with Crippen molar-refractivity contribution in [1.82, 2.24) is 19.5 Å². The summed E-state index contributed by atoms with van der Waals surface area (Å²) >= 11 is 0. The molecule has 0 atom stereocenters. The molecule has 0 amide bonds. The van der Waals surface area contributed by atoms with Gasteiger partial charge in [0.2, 0.25) is 5.95 Å². The summed E-state index contributed by atoms with van der Waals surface area (Å²) in [7, 11) is 0. The van der Waals surface area contributed by atoms with Gasteiger partial charge >= 0.3 is 0 Å². The highest BCUT2D eigenvalue weighted by molar-refractivity contribution is 6.26. The third-order valence-electron chi connectivity index (χ3n) is 10.4. The first-order valence-corrected chi connectivity index (χ1v) is 16.4. The molecule has 0 unspecified atom stereocenters. The number of nitrogens with zero attached hydrogens (tertiary/aromatic N) is 4. The highest BCUT2D eigenvalue weighted by Crippen LogP contribution is 2.61. The van der Waals surface area contributed by atoms with Crippen LogP contribution in [0.1, 0.15) is 22.3 Å². The van der Waals surface area contributed by atoms with Gasteiger partial charge in [-0.3, -0.25) is 4.57 Å². The largest absolute Gasteiger partial charge is 0.278 e. The summed E-state index contributed by atoms with van der Waals surface area (Å²) < 4.78 is 2.26. The predicted octanol–water partition coefficient (Wildman–Crippen LogP) is 10.1. The van der Waals surface area contributed by atoms with Gasteiger partial charge in [-0.25, -0.2) is 4.98 Å². The number of benzene rings is 7. The van der Waals surface area contributed by atoms with Crippen molar-refractivity contribution >= 4 is 32.6 Å². The van der Waals surface area contributed by atoms with Crippen LogP contribution in [0.5, 0.6) is 0 Å². The van der Waals surface area contributed by atoms with Crippen LogP contribution >= 0.6 is 0 Å². The van der Waals surface area contributed by atoms with Crippen LogP contribution in [0.4, 0.5) is 0 Å². The summed E-state index contributed by atoms with van der Waals surface area (Å²) in [6.45, 7) is 0. The van der Waals surface area contributed by atoms with Crippen molar-refractivity contribution in [2.45, 2.75) is 5.41 Å². The molecule has 48 heavy (non-hydrogen) atoms. The van der Waals surface area contributed by atoms with Gasteiger partial charge in [0, 0.05) is 21.9 Å². The molecule has 0 saturated carbocycles. The van der Waals surface area contributed by atoms with Crippen molar-refractivity contribution in [2.24, 2.45) is 0 Å². The zero-order chi connectivity index (χ0) is 31.4. The normalized spacial score (nSPS) is 13.6. The molecule has 2 aliphatic carbocycles. The van der Waals surface area contributed by atoms with Crippen molar-refractivity contribution < 1.29 is 0 Å². The molecular formula is C44H26N4. The van der Waals surface area contributed by atoms with E-state index >= 15 is 0 Å². The maximum Gasteiger partial charge on any atom is 0.238 e. The fourth-order valence-electron chi connectivity index (χ4n) is 8.62. The summed E-state index contributed by atoms with van der Waals surface area (Å²) in [6.07, 6.45) is 0. The molecule has 0 fully saturated rings. The van der Waals surface area contributed by atoms with Crippen molar-refractivity contribution in [1.29, 1.82) is 0 Å². The molecule has 4 nitrogen and oxygen atoms in total. The Balaban J connectivity index is 1.31. The standard InChI is InChI=1S/C44H26N4/c1-3-13-28(14-4-1)41-45-42(29-15-5-2-6-16-29)47-43(46-41)48-36-24-12-23-35-39(36)40-37(48)26-25-27-17-11-22-34(38(27)40)44(35)32-20-9-7-18-30(32)31-19-8-10-21-33(31)44/h1-26H. The Morgan fingerprint density at radius 2 is 0.896 bits per heavy atom. The van der Waals surface area contributed by atoms with Crippen LogP contribution in [-0.4, -0.2) is 19.5 Å². The summed E-state index contributed by atoms with van der Waals surface area (Å²) in [4.78, 5) is 15.4. The van der Waals surface area contributed by atoms with Gasteiger partial charge in [-0.05, 0) is 56.3 Å². The summed E-state index contributed by atoms with van der Waals surface area (Å²) in [5, 5.41) is 5.04. The Morgan fingerprint density at radius 1 is 0.375 bits per heavy atom. The monoisotopic (exact) mass is 610 g/mol. The summed E-state index contributed by atoms with van der Waals surface area (Å²) in [5.74, 6) is 1.91. The first-order valence-electron chi connectivity index (χ1n) is 16.4. The molecule has 0 saturated heterocycles. The molecule has 2 heterocycles. The Hall–Kier alpha value is -6.39. The lowest BCUT2D eigenvalue weighted by Crippen LogP contribution is -2.30. The van der Waals surface area contributed by atoms with E-state index in [2.05, 4.69) is 126 Å². The fraction of sp³-hybridized carbons (Fsp3) is 0.0227. The summed E-state index contributed by atoms with van der Waals surface area (Å²) in [5.41, 5.74) is 11.5.